The maximum Gasteiger partial charge on any atom is 0.375 e. The van der Waals surface area contributed by atoms with E-state index in [9.17, 15) is 14.9 Å². The molecule has 0 aliphatic carbocycles. The summed E-state index contributed by atoms with van der Waals surface area (Å²) in [6.07, 6.45) is 1.11. The number of anilines is 1. The fraction of sp³-hybridized carbons (Fsp3) is 0.500. The highest BCUT2D eigenvalue weighted by atomic mass is 16.6. The van der Waals surface area contributed by atoms with Crippen LogP contribution < -0.4 is 10.9 Å². The molecule has 88 valence electrons. The molecular formula is C8H12N4O4. The van der Waals surface area contributed by atoms with Gasteiger partial charge in [-0.2, -0.15) is 0 Å². The summed E-state index contributed by atoms with van der Waals surface area (Å²) >= 11 is 0. The first-order valence-corrected chi connectivity index (χ1v) is 4.53. The molecule has 0 spiro atoms. The number of nitro groups is 1. The van der Waals surface area contributed by atoms with Crippen LogP contribution in [0.1, 0.15) is 6.92 Å². The van der Waals surface area contributed by atoms with Crippen molar-refractivity contribution in [2.45, 2.75) is 13.0 Å². The van der Waals surface area contributed by atoms with Crippen molar-refractivity contribution < 1.29 is 9.66 Å². The largest absolute Gasteiger partial charge is 0.383 e. The van der Waals surface area contributed by atoms with E-state index < -0.39 is 16.2 Å². The second-order valence-electron chi connectivity index (χ2n) is 3.19. The van der Waals surface area contributed by atoms with Crippen molar-refractivity contribution in [1.29, 1.82) is 0 Å². The minimum absolute atomic E-state index is 0.0571. The lowest BCUT2D eigenvalue weighted by Crippen LogP contribution is -2.24. The lowest BCUT2D eigenvalue weighted by molar-refractivity contribution is -0.385. The molecule has 16 heavy (non-hydrogen) atoms. The molecule has 8 nitrogen and oxygen atoms in total. The molecule has 2 N–H and O–H groups in total. The van der Waals surface area contributed by atoms with Gasteiger partial charge in [-0.25, -0.2) is 4.98 Å². The number of hydrogen-bond acceptors (Lipinski definition) is 6. The van der Waals surface area contributed by atoms with Crippen LogP contribution in [0.15, 0.2) is 11.1 Å². The summed E-state index contributed by atoms with van der Waals surface area (Å²) in [5.41, 5.74) is -1.38. The zero-order valence-electron chi connectivity index (χ0n) is 8.89. The molecule has 0 amide bonds. The van der Waals surface area contributed by atoms with E-state index in [-0.39, 0.29) is 11.9 Å². The molecule has 0 saturated heterocycles. The molecule has 1 aromatic rings. The zero-order chi connectivity index (χ0) is 12.1. The maximum absolute atomic E-state index is 11.2. The third kappa shape index (κ3) is 2.76. The van der Waals surface area contributed by atoms with Gasteiger partial charge in [0.2, 0.25) is 5.82 Å². The minimum atomic E-state index is -0.785. The van der Waals surface area contributed by atoms with Crippen LogP contribution >= 0.6 is 0 Å². The molecule has 0 fully saturated rings. The standard InChI is InChI=1S/C8H12N4O4/c1-5(3-16-2)11-7-6(12(14)15)8(13)10-4-9-7/h4-5H,3H2,1-2H3,(H2,9,10,11,13). The summed E-state index contributed by atoms with van der Waals surface area (Å²) in [5, 5.41) is 13.4. The van der Waals surface area contributed by atoms with Crippen molar-refractivity contribution in [2.75, 3.05) is 19.0 Å². The van der Waals surface area contributed by atoms with Crippen LogP contribution in [0, 0.1) is 10.1 Å². The summed E-state index contributed by atoms with van der Waals surface area (Å²) in [7, 11) is 1.51. The predicted octanol–water partition coefficient (Wildman–Crippen LogP) is 0.125. The van der Waals surface area contributed by atoms with E-state index in [2.05, 4.69) is 15.3 Å². The Hall–Kier alpha value is -1.96. The molecule has 0 bridgehead atoms. The van der Waals surface area contributed by atoms with Crippen molar-refractivity contribution >= 4 is 11.5 Å². The first-order chi connectivity index (χ1) is 7.56. The zero-order valence-corrected chi connectivity index (χ0v) is 8.89. The summed E-state index contributed by atoms with van der Waals surface area (Å²) in [5.74, 6) is -0.0571. The molecule has 0 aliphatic rings. The fourth-order valence-electron chi connectivity index (χ4n) is 1.19. The molecule has 0 aliphatic heterocycles. The van der Waals surface area contributed by atoms with Crippen molar-refractivity contribution in [2.24, 2.45) is 0 Å². The van der Waals surface area contributed by atoms with E-state index in [1.165, 1.54) is 7.11 Å². The van der Waals surface area contributed by atoms with E-state index in [0.717, 1.165) is 6.33 Å². The molecule has 0 aromatic carbocycles. The Kier molecular flexibility index (Phi) is 3.95. The molecular weight excluding hydrogens is 216 g/mol. The fourth-order valence-corrected chi connectivity index (χ4v) is 1.19. The average Bonchev–Trinajstić information content (AvgIpc) is 2.17. The predicted molar refractivity (Wildman–Crippen MR) is 56.5 cm³/mol. The van der Waals surface area contributed by atoms with E-state index in [1.54, 1.807) is 6.92 Å². The van der Waals surface area contributed by atoms with Gasteiger partial charge < -0.3 is 15.0 Å². The number of nitrogens with zero attached hydrogens (tertiary/aromatic N) is 2. The van der Waals surface area contributed by atoms with Gasteiger partial charge in [-0.3, -0.25) is 14.9 Å². The quantitative estimate of drug-likeness (QED) is 0.547. The van der Waals surface area contributed by atoms with Crippen molar-refractivity contribution in [3.8, 4) is 0 Å². The topological polar surface area (TPSA) is 110 Å². The Labute approximate surface area is 90.8 Å². The number of hydrogen-bond donors (Lipinski definition) is 2. The van der Waals surface area contributed by atoms with E-state index in [0.29, 0.717) is 6.61 Å². The highest BCUT2D eigenvalue weighted by Gasteiger charge is 2.21. The Morgan fingerprint density at radius 2 is 2.44 bits per heavy atom. The second-order valence-corrected chi connectivity index (χ2v) is 3.19. The minimum Gasteiger partial charge on any atom is -0.383 e. The molecule has 0 saturated carbocycles. The van der Waals surface area contributed by atoms with Gasteiger partial charge in [0.25, 0.3) is 0 Å². The van der Waals surface area contributed by atoms with Crippen LogP contribution in [-0.4, -0.2) is 34.6 Å². The third-order valence-corrected chi connectivity index (χ3v) is 1.81. The summed E-state index contributed by atoms with van der Waals surface area (Å²) in [6.45, 7) is 2.11. The van der Waals surface area contributed by atoms with Gasteiger partial charge >= 0.3 is 11.2 Å². The highest BCUT2D eigenvalue weighted by Crippen LogP contribution is 2.15. The van der Waals surface area contributed by atoms with E-state index in [4.69, 9.17) is 4.74 Å². The van der Waals surface area contributed by atoms with Gasteiger partial charge in [-0.05, 0) is 6.92 Å². The number of aromatic amines is 1. The van der Waals surface area contributed by atoms with E-state index in [1.807, 2.05) is 0 Å². The van der Waals surface area contributed by atoms with Crippen molar-refractivity contribution in [1.82, 2.24) is 9.97 Å². The van der Waals surface area contributed by atoms with Crippen molar-refractivity contribution in [3.63, 3.8) is 0 Å². The van der Waals surface area contributed by atoms with Crippen LogP contribution in [0.5, 0.6) is 0 Å². The molecule has 1 heterocycles. The molecule has 1 atom stereocenters. The Bertz CT molecular complexity index is 430. The van der Waals surface area contributed by atoms with Gasteiger partial charge in [0.05, 0.1) is 17.9 Å². The molecule has 1 unspecified atom stereocenters. The number of H-pyrrole nitrogens is 1. The SMILES string of the molecule is COCC(C)Nc1nc[nH]c(=O)c1[N+](=O)[O-]. The molecule has 0 radical (unpaired) electrons. The average molecular weight is 228 g/mol. The summed E-state index contributed by atoms with van der Waals surface area (Å²) in [4.78, 5) is 27.0. The van der Waals surface area contributed by atoms with E-state index >= 15 is 0 Å². The molecule has 1 aromatic heterocycles. The van der Waals surface area contributed by atoms with Gasteiger partial charge in [0, 0.05) is 13.2 Å². The van der Waals surface area contributed by atoms with Gasteiger partial charge in [0.1, 0.15) is 0 Å². The van der Waals surface area contributed by atoms with Crippen molar-refractivity contribution in [3.05, 3.63) is 26.8 Å². The van der Waals surface area contributed by atoms with Gasteiger partial charge in [0.15, 0.2) is 0 Å². The summed E-state index contributed by atoms with van der Waals surface area (Å²) in [6, 6.07) is -0.182. The number of nitrogens with one attached hydrogen (secondary N) is 2. The maximum atomic E-state index is 11.2. The second kappa shape index (κ2) is 5.21. The Morgan fingerprint density at radius 3 is 3.00 bits per heavy atom. The van der Waals surface area contributed by atoms with Crippen LogP contribution in [0.3, 0.4) is 0 Å². The van der Waals surface area contributed by atoms with Crippen LogP contribution in [0.2, 0.25) is 0 Å². The number of ether oxygens (including phenoxy) is 1. The smallest absolute Gasteiger partial charge is 0.375 e. The summed E-state index contributed by atoms with van der Waals surface area (Å²) < 4.78 is 4.86. The van der Waals surface area contributed by atoms with Gasteiger partial charge in [-0.1, -0.05) is 0 Å². The monoisotopic (exact) mass is 228 g/mol. The Balaban J connectivity index is 3.00. The number of methoxy groups -OCH3 is 1. The number of rotatable bonds is 5. The first-order valence-electron chi connectivity index (χ1n) is 4.53. The van der Waals surface area contributed by atoms with Crippen LogP contribution in [-0.2, 0) is 4.74 Å². The highest BCUT2D eigenvalue weighted by molar-refractivity contribution is 5.54. The van der Waals surface area contributed by atoms with Crippen LogP contribution in [0.4, 0.5) is 11.5 Å². The van der Waals surface area contributed by atoms with Gasteiger partial charge in [-0.15, -0.1) is 0 Å². The first kappa shape index (κ1) is 12.1. The molecule has 8 heteroatoms. The lowest BCUT2D eigenvalue weighted by Gasteiger charge is -2.12. The van der Waals surface area contributed by atoms with Crippen LogP contribution in [0.25, 0.3) is 0 Å². The number of aromatic nitrogens is 2. The Morgan fingerprint density at radius 1 is 1.75 bits per heavy atom. The third-order valence-electron chi connectivity index (χ3n) is 1.81. The normalized spacial score (nSPS) is 12.1. The molecule has 1 rings (SSSR count). The lowest BCUT2D eigenvalue weighted by atomic mass is 10.3.